The van der Waals surface area contributed by atoms with Crippen molar-refractivity contribution in [2.45, 2.75) is 57.4 Å². The third kappa shape index (κ3) is 4.78. The molecular formula is C15H26N2O3. The molecule has 2 rings (SSSR count). The van der Waals surface area contributed by atoms with Gasteiger partial charge < -0.3 is 15.3 Å². The lowest BCUT2D eigenvalue weighted by atomic mass is 9.95. The predicted octanol–water partition coefficient (Wildman–Crippen LogP) is 1.62. The molecule has 0 aromatic carbocycles. The molecule has 0 radical (unpaired) electrons. The minimum atomic E-state index is -0.707. The first-order valence-electron chi connectivity index (χ1n) is 7.89. The third-order valence-corrected chi connectivity index (χ3v) is 4.48. The molecule has 20 heavy (non-hydrogen) atoms. The molecule has 1 amide bonds. The molecule has 0 aromatic heterocycles. The number of likely N-dealkylation sites (tertiary alicyclic amines) is 1. The largest absolute Gasteiger partial charge is 0.481 e. The molecule has 1 aliphatic carbocycles. The highest BCUT2D eigenvalue weighted by Gasteiger charge is 2.25. The number of amides is 1. The number of carboxylic acids is 1. The van der Waals surface area contributed by atoms with E-state index in [0.29, 0.717) is 25.6 Å². The molecule has 1 saturated carbocycles. The van der Waals surface area contributed by atoms with Crippen molar-refractivity contribution >= 4 is 11.9 Å². The van der Waals surface area contributed by atoms with E-state index in [-0.39, 0.29) is 11.8 Å². The zero-order valence-corrected chi connectivity index (χ0v) is 12.1. The Morgan fingerprint density at radius 3 is 2.55 bits per heavy atom. The molecule has 2 fully saturated rings. The topological polar surface area (TPSA) is 69.6 Å². The molecule has 1 aliphatic heterocycles. The Morgan fingerprint density at radius 1 is 1.10 bits per heavy atom. The van der Waals surface area contributed by atoms with Crippen molar-refractivity contribution in [2.75, 3.05) is 19.6 Å². The number of rotatable bonds is 5. The zero-order chi connectivity index (χ0) is 14.4. The molecular weight excluding hydrogens is 256 g/mol. The summed E-state index contributed by atoms with van der Waals surface area (Å²) in [5.41, 5.74) is 0. The van der Waals surface area contributed by atoms with E-state index in [0.717, 1.165) is 32.2 Å². The van der Waals surface area contributed by atoms with E-state index < -0.39 is 5.97 Å². The second kappa shape index (κ2) is 7.62. The Kier molecular flexibility index (Phi) is 5.83. The number of hydrogen-bond acceptors (Lipinski definition) is 3. The fourth-order valence-electron chi connectivity index (χ4n) is 3.27. The van der Waals surface area contributed by atoms with E-state index in [9.17, 15) is 9.59 Å². The maximum absolute atomic E-state index is 11.9. The molecule has 0 bridgehead atoms. The van der Waals surface area contributed by atoms with Crippen LogP contribution in [0.5, 0.6) is 0 Å². The van der Waals surface area contributed by atoms with Gasteiger partial charge in [-0.1, -0.05) is 19.3 Å². The minimum absolute atomic E-state index is 0.120. The van der Waals surface area contributed by atoms with Crippen molar-refractivity contribution in [1.82, 2.24) is 10.2 Å². The molecule has 0 spiro atoms. The maximum Gasteiger partial charge on any atom is 0.307 e. The van der Waals surface area contributed by atoms with Gasteiger partial charge in [-0.05, 0) is 32.2 Å². The van der Waals surface area contributed by atoms with E-state index in [2.05, 4.69) is 10.2 Å². The van der Waals surface area contributed by atoms with Crippen LogP contribution in [-0.4, -0.2) is 47.6 Å². The molecule has 1 saturated heterocycles. The quantitative estimate of drug-likeness (QED) is 0.804. The second-order valence-electron chi connectivity index (χ2n) is 6.13. The average Bonchev–Trinajstić information content (AvgIpc) is 2.46. The Morgan fingerprint density at radius 2 is 1.85 bits per heavy atom. The zero-order valence-electron chi connectivity index (χ0n) is 12.1. The van der Waals surface area contributed by atoms with Gasteiger partial charge in [0.05, 0.1) is 5.92 Å². The standard InChI is InChI=1S/C15H26N2O3/c18-14(16-13-6-2-1-3-7-13)8-10-17-9-4-5-12(11-17)15(19)20/h12-13H,1-11H2,(H,16,18)(H,19,20). The van der Waals surface area contributed by atoms with Crippen molar-refractivity contribution < 1.29 is 14.7 Å². The number of piperidine rings is 1. The van der Waals surface area contributed by atoms with Crippen LogP contribution >= 0.6 is 0 Å². The van der Waals surface area contributed by atoms with Crippen LogP contribution in [0.2, 0.25) is 0 Å². The number of carboxylic acid groups (broad SMARTS) is 1. The molecule has 1 atom stereocenters. The van der Waals surface area contributed by atoms with Crippen molar-refractivity contribution in [3.63, 3.8) is 0 Å². The molecule has 1 unspecified atom stereocenters. The van der Waals surface area contributed by atoms with Gasteiger partial charge in [-0.15, -0.1) is 0 Å². The Labute approximate surface area is 120 Å². The average molecular weight is 282 g/mol. The third-order valence-electron chi connectivity index (χ3n) is 4.48. The van der Waals surface area contributed by atoms with Gasteiger partial charge in [0.2, 0.25) is 5.91 Å². The van der Waals surface area contributed by atoms with Crippen LogP contribution in [0.3, 0.4) is 0 Å². The van der Waals surface area contributed by atoms with Crippen molar-refractivity contribution in [3.05, 3.63) is 0 Å². The lowest BCUT2D eigenvalue weighted by molar-refractivity contribution is -0.143. The summed E-state index contributed by atoms with van der Waals surface area (Å²) < 4.78 is 0. The molecule has 2 N–H and O–H groups in total. The van der Waals surface area contributed by atoms with Crippen LogP contribution < -0.4 is 5.32 Å². The van der Waals surface area contributed by atoms with Gasteiger partial charge in [0.15, 0.2) is 0 Å². The van der Waals surface area contributed by atoms with Crippen molar-refractivity contribution in [2.24, 2.45) is 5.92 Å². The van der Waals surface area contributed by atoms with Gasteiger partial charge in [0.25, 0.3) is 0 Å². The highest BCUT2D eigenvalue weighted by atomic mass is 16.4. The van der Waals surface area contributed by atoms with Crippen LogP contribution in [0, 0.1) is 5.92 Å². The van der Waals surface area contributed by atoms with E-state index in [1.807, 2.05) is 0 Å². The normalized spacial score (nSPS) is 25.3. The fraction of sp³-hybridized carbons (Fsp3) is 0.867. The summed E-state index contributed by atoms with van der Waals surface area (Å²) in [6.45, 7) is 2.19. The first-order chi connectivity index (χ1) is 9.65. The SMILES string of the molecule is O=C(CCN1CCCC(C(=O)O)C1)NC1CCCCC1. The summed E-state index contributed by atoms with van der Waals surface area (Å²) in [5.74, 6) is -0.846. The molecule has 5 nitrogen and oxygen atoms in total. The van der Waals surface area contributed by atoms with Gasteiger partial charge in [-0.3, -0.25) is 9.59 Å². The van der Waals surface area contributed by atoms with Crippen LogP contribution in [0.25, 0.3) is 0 Å². The summed E-state index contributed by atoms with van der Waals surface area (Å²) in [6, 6.07) is 0.365. The van der Waals surface area contributed by atoms with Crippen LogP contribution in [0.1, 0.15) is 51.4 Å². The Bertz CT molecular complexity index is 340. The summed E-state index contributed by atoms with van der Waals surface area (Å²) >= 11 is 0. The maximum atomic E-state index is 11.9. The summed E-state index contributed by atoms with van der Waals surface area (Å²) in [5, 5.41) is 12.2. The summed E-state index contributed by atoms with van der Waals surface area (Å²) in [4.78, 5) is 25.0. The van der Waals surface area contributed by atoms with E-state index in [4.69, 9.17) is 5.11 Å². The van der Waals surface area contributed by atoms with Gasteiger partial charge in [0, 0.05) is 25.6 Å². The predicted molar refractivity (Wildman–Crippen MR) is 76.4 cm³/mol. The molecule has 1 heterocycles. The Balaban J connectivity index is 1.66. The monoisotopic (exact) mass is 282 g/mol. The Hall–Kier alpha value is -1.10. The van der Waals surface area contributed by atoms with Crippen molar-refractivity contribution in [3.8, 4) is 0 Å². The first kappa shape index (κ1) is 15.3. The molecule has 2 aliphatic rings. The van der Waals surface area contributed by atoms with Gasteiger partial charge in [0.1, 0.15) is 0 Å². The van der Waals surface area contributed by atoms with E-state index in [1.54, 1.807) is 0 Å². The molecule has 114 valence electrons. The number of hydrogen-bond donors (Lipinski definition) is 2. The highest BCUT2D eigenvalue weighted by Crippen LogP contribution is 2.18. The first-order valence-corrected chi connectivity index (χ1v) is 7.89. The van der Waals surface area contributed by atoms with Crippen LogP contribution in [-0.2, 0) is 9.59 Å². The summed E-state index contributed by atoms with van der Waals surface area (Å²) in [6.07, 6.45) is 8.11. The lowest BCUT2D eigenvalue weighted by Gasteiger charge is -2.30. The van der Waals surface area contributed by atoms with E-state index >= 15 is 0 Å². The molecule has 0 aromatic rings. The minimum Gasteiger partial charge on any atom is -0.481 e. The molecule has 5 heteroatoms. The number of carbonyl (C=O) groups excluding carboxylic acids is 1. The smallest absolute Gasteiger partial charge is 0.307 e. The van der Waals surface area contributed by atoms with Crippen molar-refractivity contribution in [1.29, 1.82) is 0 Å². The number of nitrogens with zero attached hydrogens (tertiary/aromatic N) is 1. The second-order valence-corrected chi connectivity index (χ2v) is 6.13. The van der Waals surface area contributed by atoms with Crippen LogP contribution in [0.15, 0.2) is 0 Å². The fourth-order valence-corrected chi connectivity index (χ4v) is 3.27. The lowest BCUT2D eigenvalue weighted by Crippen LogP contribution is -2.42. The van der Waals surface area contributed by atoms with Crippen LogP contribution in [0.4, 0.5) is 0 Å². The number of carbonyl (C=O) groups is 2. The van der Waals surface area contributed by atoms with Gasteiger partial charge in [-0.2, -0.15) is 0 Å². The van der Waals surface area contributed by atoms with Gasteiger partial charge >= 0.3 is 5.97 Å². The summed E-state index contributed by atoms with van der Waals surface area (Å²) in [7, 11) is 0. The number of nitrogens with one attached hydrogen (secondary N) is 1. The van der Waals surface area contributed by atoms with Gasteiger partial charge in [-0.25, -0.2) is 0 Å². The highest BCUT2D eigenvalue weighted by molar-refractivity contribution is 5.76. The number of aliphatic carboxylic acids is 1. The van der Waals surface area contributed by atoms with E-state index in [1.165, 1.54) is 19.3 Å².